The van der Waals surface area contributed by atoms with E-state index in [9.17, 15) is 13.2 Å². The van der Waals surface area contributed by atoms with Gasteiger partial charge < -0.3 is 10.4 Å². The summed E-state index contributed by atoms with van der Waals surface area (Å²) < 4.78 is 21.9. The van der Waals surface area contributed by atoms with E-state index in [1.54, 1.807) is 0 Å². The number of sulfone groups is 1. The van der Waals surface area contributed by atoms with Crippen LogP contribution in [-0.4, -0.2) is 37.0 Å². The zero-order valence-corrected chi connectivity index (χ0v) is 7.75. The van der Waals surface area contributed by atoms with Crippen LogP contribution in [0.2, 0.25) is 0 Å². The molecule has 1 heterocycles. The Morgan fingerprint density at radius 1 is 1.54 bits per heavy atom. The van der Waals surface area contributed by atoms with Gasteiger partial charge in [-0.15, -0.1) is 0 Å². The van der Waals surface area contributed by atoms with E-state index in [-0.39, 0.29) is 17.5 Å². The molecule has 0 spiro atoms. The number of hydrogen-bond donors (Lipinski definition) is 2. The molecule has 2 N–H and O–H groups in total. The number of nitrogens with one attached hydrogen (secondary N) is 1. The zero-order valence-electron chi connectivity index (χ0n) is 6.93. The van der Waals surface area contributed by atoms with Crippen molar-refractivity contribution in [1.29, 1.82) is 0 Å². The maximum atomic E-state index is 11.0. The first-order chi connectivity index (χ1) is 5.99. The number of rotatable bonds is 3. The van der Waals surface area contributed by atoms with Gasteiger partial charge in [0.1, 0.15) is 0 Å². The van der Waals surface area contributed by atoms with Crippen LogP contribution in [-0.2, 0) is 14.6 Å². The lowest BCUT2D eigenvalue weighted by Crippen LogP contribution is -2.25. The molecule has 0 saturated carbocycles. The molecular formula is C7H11NO4S. The smallest absolute Gasteiger partial charge is 0.329 e. The van der Waals surface area contributed by atoms with Gasteiger partial charge in [-0.1, -0.05) is 0 Å². The van der Waals surface area contributed by atoms with Gasteiger partial charge in [-0.05, 0) is 6.42 Å². The Morgan fingerprint density at radius 2 is 2.23 bits per heavy atom. The van der Waals surface area contributed by atoms with Crippen LogP contribution < -0.4 is 5.32 Å². The predicted octanol–water partition coefficient (Wildman–Crippen LogP) is -0.639. The summed E-state index contributed by atoms with van der Waals surface area (Å²) in [6.45, 7) is 0. The van der Waals surface area contributed by atoms with E-state index in [1.807, 2.05) is 0 Å². The molecule has 0 aromatic heterocycles. The first-order valence-corrected chi connectivity index (χ1v) is 5.68. The van der Waals surface area contributed by atoms with Crippen molar-refractivity contribution in [2.75, 3.05) is 11.5 Å². The minimum atomic E-state index is -2.89. The molecule has 0 aliphatic carbocycles. The zero-order chi connectivity index (χ0) is 9.90. The molecule has 5 nitrogen and oxygen atoms in total. The lowest BCUT2D eigenvalue weighted by Gasteiger charge is -2.05. The summed E-state index contributed by atoms with van der Waals surface area (Å²) in [4.78, 5) is 10.1. The Labute approximate surface area is 76.4 Å². The van der Waals surface area contributed by atoms with Gasteiger partial charge in [0, 0.05) is 18.3 Å². The van der Waals surface area contributed by atoms with Crippen LogP contribution in [0.5, 0.6) is 0 Å². The SMILES string of the molecule is O=C(O)/C=C/NC1CCS(=O)(=O)C1. The van der Waals surface area contributed by atoms with E-state index in [0.29, 0.717) is 6.42 Å². The van der Waals surface area contributed by atoms with E-state index < -0.39 is 15.8 Å². The molecule has 0 aromatic rings. The molecule has 1 aliphatic rings. The predicted molar refractivity (Wildman–Crippen MR) is 47.0 cm³/mol. The average Bonchev–Trinajstić information content (AvgIpc) is 2.29. The van der Waals surface area contributed by atoms with Gasteiger partial charge in [0.25, 0.3) is 0 Å². The third-order valence-electron chi connectivity index (χ3n) is 1.79. The van der Waals surface area contributed by atoms with Gasteiger partial charge in [-0.25, -0.2) is 13.2 Å². The van der Waals surface area contributed by atoms with Crippen molar-refractivity contribution in [3.8, 4) is 0 Å². The highest BCUT2D eigenvalue weighted by molar-refractivity contribution is 7.91. The van der Waals surface area contributed by atoms with Crippen molar-refractivity contribution in [1.82, 2.24) is 5.32 Å². The quantitative estimate of drug-likeness (QED) is 0.599. The lowest BCUT2D eigenvalue weighted by atomic mass is 10.3. The van der Waals surface area contributed by atoms with Crippen LogP contribution in [0.3, 0.4) is 0 Å². The third kappa shape index (κ3) is 3.45. The van der Waals surface area contributed by atoms with Crippen LogP contribution in [0.4, 0.5) is 0 Å². The number of carboxylic acid groups (broad SMARTS) is 1. The van der Waals surface area contributed by atoms with Gasteiger partial charge in [-0.3, -0.25) is 0 Å². The molecule has 0 bridgehead atoms. The Bertz CT molecular complexity index is 319. The molecular weight excluding hydrogens is 194 g/mol. The average molecular weight is 205 g/mol. The molecule has 1 aliphatic heterocycles. The van der Waals surface area contributed by atoms with E-state index >= 15 is 0 Å². The minimum absolute atomic E-state index is 0.0942. The van der Waals surface area contributed by atoms with Crippen LogP contribution in [0.1, 0.15) is 6.42 Å². The molecule has 1 unspecified atom stereocenters. The van der Waals surface area contributed by atoms with Gasteiger partial charge in [0.05, 0.1) is 11.5 Å². The number of carbonyl (C=O) groups is 1. The van der Waals surface area contributed by atoms with Gasteiger partial charge in [0.15, 0.2) is 9.84 Å². The van der Waals surface area contributed by atoms with E-state index in [0.717, 1.165) is 6.08 Å². The Kier molecular flexibility index (Phi) is 2.92. The molecule has 1 fully saturated rings. The molecule has 1 atom stereocenters. The van der Waals surface area contributed by atoms with Crippen LogP contribution in [0.25, 0.3) is 0 Å². The summed E-state index contributed by atoms with van der Waals surface area (Å²) in [5, 5.41) is 11.0. The highest BCUT2D eigenvalue weighted by Crippen LogP contribution is 2.10. The summed E-state index contributed by atoms with van der Waals surface area (Å²) in [6, 6.07) is -0.138. The number of aliphatic carboxylic acids is 1. The fraction of sp³-hybridized carbons (Fsp3) is 0.571. The van der Waals surface area contributed by atoms with Crippen molar-refractivity contribution in [2.45, 2.75) is 12.5 Å². The molecule has 0 amide bonds. The second-order valence-electron chi connectivity index (χ2n) is 2.94. The van der Waals surface area contributed by atoms with E-state index in [1.165, 1.54) is 6.20 Å². The summed E-state index contributed by atoms with van der Waals surface area (Å²) in [5.74, 6) is -0.768. The maximum absolute atomic E-state index is 11.0. The minimum Gasteiger partial charge on any atom is -0.478 e. The highest BCUT2D eigenvalue weighted by Gasteiger charge is 2.26. The Hall–Kier alpha value is -1.04. The summed E-state index contributed by atoms with van der Waals surface area (Å²) in [6.07, 6.45) is 2.77. The van der Waals surface area contributed by atoms with E-state index in [4.69, 9.17) is 5.11 Å². The second kappa shape index (κ2) is 3.78. The van der Waals surface area contributed by atoms with Gasteiger partial charge in [0.2, 0.25) is 0 Å². The second-order valence-corrected chi connectivity index (χ2v) is 5.17. The molecule has 13 heavy (non-hydrogen) atoms. The molecule has 1 rings (SSSR count). The Balaban J connectivity index is 2.37. The molecule has 74 valence electrons. The maximum Gasteiger partial charge on any atom is 0.329 e. The molecule has 1 saturated heterocycles. The third-order valence-corrected chi connectivity index (χ3v) is 3.56. The van der Waals surface area contributed by atoms with E-state index in [2.05, 4.69) is 5.32 Å². The highest BCUT2D eigenvalue weighted by atomic mass is 32.2. The standard InChI is InChI=1S/C7H11NO4S/c9-7(10)1-3-8-6-2-4-13(11,12)5-6/h1,3,6,8H,2,4-5H2,(H,9,10)/b3-1+. The summed E-state index contributed by atoms with van der Waals surface area (Å²) >= 11 is 0. The fourth-order valence-corrected chi connectivity index (χ4v) is 2.87. The molecule has 0 radical (unpaired) electrons. The first-order valence-electron chi connectivity index (χ1n) is 3.85. The monoisotopic (exact) mass is 205 g/mol. The molecule has 0 aromatic carbocycles. The normalized spacial score (nSPS) is 26.3. The largest absolute Gasteiger partial charge is 0.478 e. The molecule has 6 heteroatoms. The van der Waals surface area contributed by atoms with Crippen LogP contribution in [0.15, 0.2) is 12.3 Å². The fourth-order valence-electron chi connectivity index (χ4n) is 1.18. The number of hydrogen-bond acceptors (Lipinski definition) is 4. The van der Waals surface area contributed by atoms with Crippen molar-refractivity contribution >= 4 is 15.8 Å². The van der Waals surface area contributed by atoms with Gasteiger partial charge >= 0.3 is 5.97 Å². The van der Waals surface area contributed by atoms with Crippen LogP contribution >= 0.6 is 0 Å². The topological polar surface area (TPSA) is 83.5 Å². The van der Waals surface area contributed by atoms with Crippen molar-refractivity contribution in [2.24, 2.45) is 0 Å². The van der Waals surface area contributed by atoms with Crippen molar-refractivity contribution in [3.63, 3.8) is 0 Å². The number of carboxylic acids is 1. The van der Waals surface area contributed by atoms with Gasteiger partial charge in [-0.2, -0.15) is 0 Å². The lowest BCUT2D eigenvalue weighted by molar-refractivity contribution is -0.131. The summed E-state index contributed by atoms with van der Waals surface area (Å²) in [5.41, 5.74) is 0. The first kappa shape index (κ1) is 10.0. The van der Waals surface area contributed by atoms with Crippen LogP contribution in [0, 0.1) is 0 Å². The van der Waals surface area contributed by atoms with Crippen molar-refractivity contribution in [3.05, 3.63) is 12.3 Å². The van der Waals surface area contributed by atoms with Crippen molar-refractivity contribution < 1.29 is 18.3 Å². The Morgan fingerprint density at radius 3 is 2.69 bits per heavy atom. The summed E-state index contributed by atoms with van der Waals surface area (Å²) in [7, 11) is -2.89.